The highest BCUT2D eigenvalue weighted by atomic mass is 35.5. The highest BCUT2D eigenvalue weighted by Crippen LogP contribution is 2.22. The molecule has 7 heteroatoms. The second-order valence-electron chi connectivity index (χ2n) is 2.90. The van der Waals surface area contributed by atoms with Crippen molar-refractivity contribution in [3.63, 3.8) is 0 Å². The quantitative estimate of drug-likeness (QED) is 0.862. The van der Waals surface area contributed by atoms with Gasteiger partial charge >= 0.3 is 0 Å². The third-order valence-electron chi connectivity index (χ3n) is 1.80. The average Bonchev–Trinajstić information content (AvgIpc) is 2.74. The second kappa shape index (κ2) is 4.46. The van der Waals surface area contributed by atoms with Gasteiger partial charge < -0.3 is 10.4 Å². The molecule has 0 aliphatic rings. The maximum Gasteiger partial charge on any atom is 0.260 e. The SMILES string of the molecule is O=C(Nc1cnns1)c1cc(Cl)ccc1O. The summed E-state index contributed by atoms with van der Waals surface area (Å²) in [5, 5.41) is 16.5. The van der Waals surface area contributed by atoms with Crippen LogP contribution in [0.1, 0.15) is 10.4 Å². The van der Waals surface area contributed by atoms with E-state index in [2.05, 4.69) is 14.9 Å². The third kappa shape index (κ3) is 2.29. The number of nitrogens with one attached hydrogen (secondary N) is 1. The molecule has 0 saturated carbocycles. The Morgan fingerprint density at radius 3 is 3.00 bits per heavy atom. The highest BCUT2D eigenvalue weighted by molar-refractivity contribution is 7.10. The van der Waals surface area contributed by atoms with Crippen LogP contribution in [0, 0.1) is 0 Å². The topological polar surface area (TPSA) is 75.1 Å². The zero-order chi connectivity index (χ0) is 11.5. The van der Waals surface area contributed by atoms with Crippen LogP contribution in [0.4, 0.5) is 5.00 Å². The molecule has 0 bridgehead atoms. The first-order chi connectivity index (χ1) is 7.66. The molecule has 1 heterocycles. The van der Waals surface area contributed by atoms with Crippen molar-refractivity contribution < 1.29 is 9.90 Å². The summed E-state index contributed by atoms with van der Waals surface area (Å²) >= 11 is 6.78. The van der Waals surface area contributed by atoms with Gasteiger partial charge in [0.1, 0.15) is 10.8 Å². The molecule has 0 radical (unpaired) electrons. The Bertz CT molecular complexity index is 515. The van der Waals surface area contributed by atoms with E-state index in [-0.39, 0.29) is 11.3 Å². The van der Waals surface area contributed by atoms with E-state index in [1.165, 1.54) is 24.4 Å². The molecule has 2 aromatic rings. The number of phenols is 1. The van der Waals surface area contributed by atoms with Crippen LogP contribution in [-0.2, 0) is 0 Å². The Hall–Kier alpha value is -1.66. The van der Waals surface area contributed by atoms with E-state index in [0.29, 0.717) is 10.0 Å². The number of aromatic nitrogens is 2. The van der Waals surface area contributed by atoms with Crippen LogP contribution < -0.4 is 5.32 Å². The van der Waals surface area contributed by atoms with Crippen LogP contribution in [0.25, 0.3) is 0 Å². The monoisotopic (exact) mass is 255 g/mol. The van der Waals surface area contributed by atoms with Gasteiger partial charge in [0.25, 0.3) is 5.91 Å². The van der Waals surface area contributed by atoms with Crippen molar-refractivity contribution in [3.8, 4) is 5.75 Å². The maximum atomic E-state index is 11.7. The van der Waals surface area contributed by atoms with Gasteiger partial charge in [-0.3, -0.25) is 4.79 Å². The van der Waals surface area contributed by atoms with Crippen molar-refractivity contribution in [2.75, 3.05) is 5.32 Å². The zero-order valence-corrected chi connectivity index (χ0v) is 9.42. The minimum absolute atomic E-state index is 0.112. The normalized spacial score (nSPS) is 10.1. The summed E-state index contributed by atoms with van der Waals surface area (Å²) in [6.45, 7) is 0. The number of anilines is 1. The van der Waals surface area contributed by atoms with Gasteiger partial charge in [0.05, 0.1) is 11.8 Å². The molecule has 0 aliphatic carbocycles. The number of carbonyl (C=O) groups is 1. The number of hydrogen-bond acceptors (Lipinski definition) is 5. The van der Waals surface area contributed by atoms with Crippen molar-refractivity contribution in [1.29, 1.82) is 0 Å². The van der Waals surface area contributed by atoms with Crippen LogP contribution in [0.3, 0.4) is 0 Å². The number of phenolic OH excluding ortho intramolecular Hbond substituents is 1. The molecule has 2 rings (SSSR count). The summed E-state index contributed by atoms with van der Waals surface area (Å²) in [6, 6.07) is 4.25. The number of amides is 1. The molecule has 1 aromatic heterocycles. The molecule has 0 aliphatic heterocycles. The molecular formula is C9H6ClN3O2S. The van der Waals surface area contributed by atoms with Crippen LogP contribution >= 0.6 is 23.1 Å². The fourth-order valence-electron chi connectivity index (χ4n) is 1.09. The number of hydrogen-bond donors (Lipinski definition) is 2. The van der Waals surface area contributed by atoms with Gasteiger partial charge in [-0.2, -0.15) is 0 Å². The molecule has 0 spiro atoms. The predicted molar refractivity (Wildman–Crippen MR) is 61.0 cm³/mol. The number of halogens is 1. The first kappa shape index (κ1) is 10.8. The van der Waals surface area contributed by atoms with Gasteiger partial charge in [-0.25, -0.2) is 0 Å². The minimum atomic E-state index is -0.453. The largest absolute Gasteiger partial charge is 0.507 e. The predicted octanol–water partition coefficient (Wildman–Crippen LogP) is 2.15. The summed E-state index contributed by atoms with van der Waals surface area (Å²) in [5.74, 6) is -0.578. The summed E-state index contributed by atoms with van der Waals surface area (Å²) in [7, 11) is 0. The lowest BCUT2D eigenvalue weighted by atomic mass is 10.2. The Morgan fingerprint density at radius 2 is 2.31 bits per heavy atom. The fourth-order valence-corrected chi connectivity index (χ4v) is 1.68. The molecule has 0 fully saturated rings. The van der Waals surface area contributed by atoms with Crippen LogP contribution in [0.2, 0.25) is 5.02 Å². The van der Waals surface area contributed by atoms with Crippen molar-refractivity contribution in [2.24, 2.45) is 0 Å². The summed E-state index contributed by atoms with van der Waals surface area (Å²) in [5.41, 5.74) is 0.112. The average molecular weight is 256 g/mol. The van der Waals surface area contributed by atoms with E-state index in [4.69, 9.17) is 11.6 Å². The second-order valence-corrected chi connectivity index (χ2v) is 4.12. The summed E-state index contributed by atoms with van der Waals surface area (Å²) in [6.07, 6.45) is 1.42. The number of carbonyl (C=O) groups excluding carboxylic acids is 1. The van der Waals surface area contributed by atoms with Crippen LogP contribution in [-0.4, -0.2) is 20.6 Å². The van der Waals surface area contributed by atoms with Crippen LogP contribution in [0.5, 0.6) is 5.75 Å². The minimum Gasteiger partial charge on any atom is -0.507 e. The van der Waals surface area contributed by atoms with E-state index in [0.717, 1.165) is 11.5 Å². The summed E-state index contributed by atoms with van der Waals surface area (Å²) < 4.78 is 3.60. The molecule has 1 amide bonds. The van der Waals surface area contributed by atoms with Crippen LogP contribution in [0.15, 0.2) is 24.4 Å². The highest BCUT2D eigenvalue weighted by Gasteiger charge is 2.12. The molecule has 5 nitrogen and oxygen atoms in total. The molecule has 2 N–H and O–H groups in total. The van der Waals surface area contributed by atoms with E-state index in [9.17, 15) is 9.90 Å². The van der Waals surface area contributed by atoms with E-state index in [1.54, 1.807) is 0 Å². The molecule has 0 unspecified atom stereocenters. The first-order valence-corrected chi connectivity index (χ1v) is 5.39. The van der Waals surface area contributed by atoms with Gasteiger partial charge in [-0.05, 0) is 18.2 Å². The molecular weight excluding hydrogens is 250 g/mol. The zero-order valence-electron chi connectivity index (χ0n) is 7.85. The lowest BCUT2D eigenvalue weighted by Gasteiger charge is -2.04. The van der Waals surface area contributed by atoms with E-state index >= 15 is 0 Å². The van der Waals surface area contributed by atoms with E-state index in [1.807, 2.05) is 0 Å². The van der Waals surface area contributed by atoms with Gasteiger partial charge in [0.2, 0.25) is 0 Å². The summed E-state index contributed by atoms with van der Waals surface area (Å²) in [4.78, 5) is 11.7. The smallest absolute Gasteiger partial charge is 0.260 e. The Labute approximate surface area is 99.9 Å². The third-order valence-corrected chi connectivity index (χ3v) is 2.62. The number of aromatic hydroxyl groups is 1. The lowest BCUT2D eigenvalue weighted by Crippen LogP contribution is -2.11. The Kier molecular flexibility index (Phi) is 3.02. The van der Waals surface area contributed by atoms with Gasteiger partial charge in [-0.1, -0.05) is 16.1 Å². The van der Waals surface area contributed by atoms with Gasteiger partial charge in [-0.15, -0.1) is 5.10 Å². The van der Waals surface area contributed by atoms with Gasteiger partial charge in [0.15, 0.2) is 0 Å². The molecule has 0 saturated heterocycles. The number of nitrogens with zero attached hydrogens (tertiary/aromatic N) is 2. The Morgan fingerprint density at radius 1 is 1.50 bits per heavy atom. The molecule has 1 aromatic carbocycles. The fraction of sp³-hybridized carbons (Fsp3) is 0. The molecule has 0 atom stereocenters. The van der Waals surface area contributed by atoms with Crippen molar-refractivity contribution in [3.05, 3.63) is 35.0 Å². The standard InChI is InChI=1S/C9H6ClN3O2S/c10-5-1-2-7(14)6(3-5)9(15)12-8-4-11-13-16-8/h1-4,14H,(H,12,15). The van der Waals surface area contributed by atoms with Crippen molar-refractivity contribution >= 4 is 34.0 Å². The Balaban J connectivity index is 2.24. The molecule has 82 valence electrons. The van der Waals surface area contributed by atoms with Crippen molar-refractivity contribution in [1.82, 2.24) is 9.59 Å². The van der Waals surface area contributed by atoms with Crippen molar-refractivity contribution in [2.45, 2.75) is 0 Å². The van der Waals surface area contributed by atoms with E-state index < -0.39 is 5.91 Å². The number of benzene rings is 1. The lowest BCUT2D eigenvalue weighted by molar-refractivity contribution is 0.102. The maximum absolute atomic E-state index is 11.7. The molecule has 16 heavy (non-hydrogen) atoms. The number of rotatable bonds is 2. The first-order valence-electron chi connectivity index (χ1n) is 4.24. The van der Waals surface area contributed by atoms with Gasteiger partial charge in [0, 0.05) is 16.6 Å².